The molecule has 25 heavy (non-hydrogen) atoms. The van der Waals surface area contributed by atoms with Crippen LogP contribution < -0.4 is 0 Å². The van der Waals surface area contributed by atoms with Gasteiger partial charge in [-0.2, -0.15) is 0 Å². The first-order valence-electron chi connectivity index (χ1n) is 7.60. The van der Waals surface area contributed by atoms with Gasteiger partial charge in [-0.3, -0.25) is 14.6 Å². The van der Waals surface area contributed by atoms with Crippen LogP contribution >= 0.6 is 15.9 Å². The van der Waals surface area contributed by atoms with E-state index in [0.29, 0.717) is 9.99 Å². The number of ketones is 2. The maximum atomic E-state index is 13.0. The zero-order valence-electron chi connectivity index (χ0n) is 13.1. The Kier molecular flexibility index (Phi) is 3.54. The Labute approximate surface area is 150 Å². The van der Waals surface area contributed by atoms with Gasteiger partial charge in [0.1, 0.15) is 11.4 Å². The number of fused-ring (bicyclic) bond motifs is 4. The van der Waals surface area contributed by atoms with E-state index in [4.69, 9.17) is 4.74 Å². The molecule has 0 spiro atoms. The quantitative estimate of drug-likeness (QED) is 0.485. The van der Waals surface area contributed by atoms with Crippen LogP contribution in [0, 0.1) is 0 Å². The fraction of sp³-hybridized carbons (Fsp3) is 0.111. The largest absolute Gasteiger partial charge is 0.462 e. The van der Waals surface area contributed by atoms with Gasteiger partial charge in [-0.05, 0) is 47.1 Å². The van der Waals surface area contributed by atoms with E-state index < -0.39 is 11.8 Å². The molecule has 0 unspecified atom stereocenters. The van der Waals surface area contributed by atoms with E-state index >= 15 is 0 Å². The number of nitrogens with zero attached hydrogens (tertiary/aromatic N) is 2. The molecule has 3 aromatic rings. The van der Waals surface area contributed by atoms with Crippen molar-refractivity contribution in [3.63, 3.8) is 0 Å². The van der Waals surface area contributed by atoms with Crippen molar-refractivity contribution in [3.8, 4) is 0 Å². The number of rotatable bonds is 2. The molecular weight excluding hydrogens is 388 g/mol. The van der Waals surface area contributed by atoms with Gasteiger partial charge in [0.15, 0.2) is 0 Å². The molecule has 0 saturated carbocycles. The van der Waals surface area contributed by atoms with E-state index in [1.807, 2.05) is 0 Å². The highest BCUT2D eigenvalue weighted by atomic mass is 79.9. The topological polar surface area (TPSA) is 77.7 Å². The number of esters is 1. The maximum Gasteiger partial charge on any atom is 0.341 e. The fourth-order valence-corrected chi connectivity index (χ4v) is 3.67. The third-order valence-electron chi connectivity index (χ3n) is 4.10. The normalized spacial score (nSPS) is 12.9. The van der Waals surface area contributed by atoms with Crippen molar-refractivity contribution < 1.29 is 19.1 Å². The molecule has 0 N–H and O–H groups in total. The zero-order chi connectivity index (χ0) is 17.7. The number of carbonyl (C=O) groups is 3. The number of ether oxygens (including phenoxy) is 1. The summed E-state index contributed by atoms with van der Waals surface area (Å²) >= 11 is 3.40. The third-order valence-corrected chi connectivity index (χ3v) is 4.74. The van der Waals surface area contributed by atoms with Crippen molar-refractivity contribution in [2.45, 2.75) is 6.92 Å². The average Bonchev–Trinajstić information content (AvgIpc) is 2.97. The third kappa shape index (κ3) is 2.09. The van der Waals surface area contributed by atoms with Gasteiger partial charge in [0.05, 0.1) is 28.8 Å². The minimum atomic E-state index is -0.645. The molecule has 0 radical (unpaired) electrons. The number of aromatic nitrogens is 2. The lowest BCUT2D eigenvalue weighted by Gasteiger charge is -2.14. The number of hydrogen-bond acceptors (Lipinski definition) is 5. The summed E-state index contributed by atoms with van der Waals surface area (Å²) in [6.45, 7) is 1.84. The smallest absolute Gasteiger partial charge is 0.341 e. The van der Waals surface area contributed by atoms with Crippen molar-refractivity contribution in [2.75, 3.05) is 6.61 Å². The molecule has 4 rings (SSSR count). The van der Waals surface area contributed by atoms with Gasteiger partial charge in [0.2, 0.25) is 11.6 Å². The summed E-state index contributed by atoms with van der Waals surface area (Å²) < 4.78 is 7.28. The van der Waals surface area contributed by atoms with Crippen LogP contribution in [0.5, 0.6) is 0 Å². The molecule has 0 aromatic carbocycles. The minimum Gasteiger partial charge on any atom is -0.462 e. The number of pyridine rings is 2. The Morgan fingerprint density at radius 3 is 2.80 bits per heavy atom. The van der Waals surface area contributed by atoms with E-state index in [2.05, 4.69) is 20.9 Å². The number of hydrogen-bond donors (Lipinski definition) is 0. The summed E-state index contributed by atoms with van der Waals surface area (Å²) in [7, 11) is 0. The van der Waals surface area contributed by atoms with Gasteiger partial charge in [-0.15, -0.1) is 0 Å². The first-order chi connectivity index (χ1) is 12.1. The molecule has 124 valence electrons. The standard InChI is InChI=1S/C18H11BrN2O4/c1-2-25-18(24)12-11-15(21-8-4-6-10(19)14(12)21)16(22)9-5-3-7-20-13(9)17(11)23/h3-8H,2H2,1H3. The van der Waals surface area contributed by atoms with Crippen molar-refractivity contribution in [2.24, 2.45) is 0 Å². The van der Waals surface area contributed by atoms with Crippen LogP contribution in [0.1, 0.15) is 49.4 Å². The Balaban J connectivity index is 2.15. The highest BCUT2D eigenvalue weighted by Gasteiger charge is 2.39. The highest BCUT2D eigenvalue weighted by molar-refractivity contribution is 9.10. The van der Waals surface area contributed by atoms with Crippen molar-refractivity contribution in [1.82, 2.24) is 9.38 Å². The number of carbonyl (C=O) groups excluding carboxylic acids is 3. The summed E-state index contributed by atoms with van der Waals surface area (Å²) in [5.41, 5.74) is 0.998. The molecule has 0 aliphatic heterocycles. The van der Waals surface area contributed by atoms with Crippen LogP contribution in [0.4, 0.5) is 0 Å². The molecule has 0 atom stereocenters. The molecule has 1 aliphatic carbocycles. The van der Waals surface area contributed by atoms with Gasteiger partial charge < -0.3 is 9.14 Å². The van der Waals surface area contributed by atoms with E-state index in [0.717, 1.165) is 0 Å². The monoisotopic (exact) mass is 398 g/mol. The van der Waals surface area contributed by atoms with Crippen molar-refractivity contribution in [3.05, 3.63) is 69.2 Å². The lowest BCUT2D eigenvalue weighted by molar-refractivity contribution is 0.0526. The van der Waals surface area contributed by atoms with Crippen LogP contribution in [0.15, 0.2) is 41.1 Å². The van der Waals surface area contributed by atoms with Gasteiger partial charge in [0.25, 0.3) is 0 Å². The van der Waals surface area contributed by atoms with Gasteiger partial charge in [0, 0.05) is 16.9 Å². The molecule has 0 saturated heterocycles. The molecule has 0 amide bonds. The summed E-state index contributed by atoms with van der Waals surface area (Å²) in [4.78, 5) is 42.6. The van der Waals surface area contributed by atoms with E-state index in [9.17, 15) is 14.4 Å². The summed E-state index contributed by atoms with van der Waals surface area (Å²) in [6, 6.07) is 6.63. The first kappa shape index (κ1) is 15.7. The molecule has 0 fully saturated rings. The molecule has 3 heterocycles. The van der Waals surface area contributed by atoms with E-state index in [-0.39, 0.29) is 40.5 Å². The molecule has 3 aromatic heterocycles. The lowest BCUT2D eigenvalue weighted by atomic mass is 9.89. The van der Waals surface area contributed by atoms with Crippen molar-refractivity contribution in [1.29, 1.82) is 0 Å². The second-order valence-electron chi connectivity index (χ2n) is 5.45. The minimum absolute atomic E-state index is 0.0431. The van der Waals surface area contributed by atoms with Gasteiger partial charge in [-0.25, -0.2) is 4.79 Å². The predicted molar refractivity (Wildman–Crippen MR) is 92.2 cm³/mol. The van der Waals surface area contributed by atoms with Crippen LogP contribution in [-0.4, -0.2) is 33.5 Å². The van der Waals surface area contributed by atoms with E-state index in [1.165, 1.54) is 6.20 Å². The first-order valence-corrected chi connectivity index (χ1v) is 8.39. The van der Waals surface area contributed by atoms with Crippen LogP contribution in [0.2, 0.25) is 0 Å². The molecule has 7 heteroatoms. The maximum absolute atomic E-state index is 13.0. The molecule has 1 aliphatic rings. The van der Waals surface area contributed by atoms with E-state index in [1.54, 1.807) is 41.8 Å². The van der Waals surface area contributed by atoms with Crippen LogP contribution in [-0.2, 0) is 4.74 Å². The Morgan fingerprint density at radius 1 is 1.24 bits per heavy atom. The van der Waals surface area contributed by atoms with Gasteiger partial charge in [-0.1, -0.05) is 0 Å². The summed E-state index contributed by atoms with van der Waals surface area (Å²) in [6.07, 6.45) is 3.10. The SMILES string of the molecule is CCOC(=O)c1c2c(n3cccc(Br)c13)C(=O)c1cccnc1C2=O. The molecule has 6 nitrogen and oxygen atoms in total. The lowest BCUT2D eigenvalue weighted by Crippen LogP contribution is -2.24. The second-order valence-corrected chi connectivity index (χ2v) is 6.31. The Hall–Kier alpha value is -2.80. The van der Waals surface area contributed by atoms with Crippen LogP contribution in [0.3, 0.4) is 0 Å². The Morgan fingerprint density at radius 2 is 2.04 bits per heavy atom. The van der Waals surface area contributed by atoms with Gasteiger partial charge >= 0.3 is 5.97 Å². The summed E-state index contributed by atoms with van der Waals surface area (Å²) in [5, 5.41) is 0. The molecule has 0 bridgehead atoms. The predicted octanol–water partition coefficient (Wildman–Crippen LogP) is 3.05. The number of halogens is 1. The fourth-order valence-electron chi connectivity index (χ4n) is 3.13. The highest BCUT2D eigenvalue weighted by Crippen LogP contribution is 2.36. The molecular formula is C18H11BrN2O4. The average molecular weight is 399 g/mol. The second kappa shape index (κ2) is 5.63. The van der Waals surface area contributed by atoms with Crippen molar-refractivity contribution >= 4 is 39.0 Å². The summed E-state index contributed by atoms with van der Waals surface area (Å²) in [5.74, 6) is -1.45. The Bertz CT molecular complexity index is 1080. The zero-order valence-corrected chi connectivity index (χ0v) is 14.7. The van der Waals surface area contributed by atoms with Crippen LogP contribution in [0.25, 0.3) is 5.52 Å².